The van der Waals surface area contributed by atoms with Crippen molar-refractivity contribution < 1.29 is 23.8 Å². The van der Waals surface area contributed by atoms with Crippen LogP contribution in [0.4, 0.5) is 5.13 Å². The van der Waals surface area contributed by atoms with E-state index >= 15 is 0 Å². The number of hydrogen-bond donors (Lipinski definition) is 2. The van der Waals surface area contributed by atoms with Crippen LogP contribution in [-0.2, 0) is 20.7 Å². The summed E-state index contributed by atoms with van der Waals surface area (Å²) in [6, 6.07) is 5.36. The van der Waals surface area contributed by atoms with Crippen LogP contribution in [0.15, 0.2) is 28.7 Å². The lowest BCUT2D eigenvalue weighted by Crippen LogP contribution is -2.14. The van der Waals surface area contributed by atoms with Crippen LogP contribution in [0.25, 0.3) is 11.4 Å². The van der Waals surface area contributed by atoms with Crippen LogP contribution < -0.4 is 14.8 Å². The molecule has 0 spiro atoms. The van der Waals surface area contributed by atoms with Crippen molar-refractivity contribution >= 4 is 40.1 Å². The van der Waals surface area contributed by atoms with E-state index in [9.17, 15) is 9.59 Å². The van der Waals surface area contributed by atoms with E-state index in [1.54, 1.807) is 31.7 Å². The van der Waals surface area contributed by atoms with Crippen LogP contribution in [0, 0.1) is 0 Å². The number of thiazole rings is 1. The normalized spacial score (nSPS) is 10.5. The fourth-order valence-corrected chi connectivity index (χ4v) is 3.70. The van der Waals surface area contributed by atoms with Gasteiger partial charge in [0.2, 0.25) is 11.1 Å². The molecular weight excluding hydrogens is 430 g/mol. The highest BCUT2D eigenvalue weighted by Gasteiger charge is 2.14. The topological polar surface area (TPSA) is 128 Å². The first kappa shape index (κ1) is 21.6. The van der Waals surface area contributed by atoms with E-state index in [0.717, 1.165) is 5.56 Å². The highest BCUT2D eigenvalue weighted by atomic mass is 32.2. The summed E-state index contributed by atoms with van der Waals surface area (Å²) in [7, 11) is 4.45. The molecule has 2 heterocycles. The number of nitrogens with zero attached hydrogens (tertiary/aromatic N) is 3. The fourth-order valence-electron chi connectivity index (χ4n) is 2.38. The Kier molecular flexibility index (Phi) is 7.25. The van der Waals surface area contributed by atoms with Gasteiger partial charge in [0.1, 0.15) is 11.5 Å². The summed E-state index contributed by atoms with van der Waals surface area (Å²) in [6.45, 7) is 0. The van der Waals surface area contributed by atoms with Crippen molar-refractivity contribution in [1.82, 2.24) is 20.2 Å². The molecule has 0 aliphatic heterocycles. The largest absolute Gasteiger partial charge is 0.497 e. The Morgan fingerprint density at radius 1 is 1.20 bits per heavy atom. The van der Waals surface area contributed by atoms with Gasteiger partial charge in [-0.1, -0.05) is 11.8 Å². The number of rotatable bonds is 9. The second-order valence-corrected chi connectivity index (χ2v) is 7.57. The second kappa shape index (κ2) is 10.1. The predicted molar refractivity (Wildman–Crippen MR) is 112 cm³/mol. The number of aromatic nitrogens is 4. The molecular formula is C18H19N5O5S2. The Bertz CT molecular complexity index is 1040. The Labute approximate surface area is 180 Å². The molecule has 3 rings (SSSR count). The van der Waals surface area contributed by atoms with Gasteiger partial charge < -0.3 is 19.5 Å². The molecule has 0 saturated carbocycles. The fraction of sp³-hybridized carbons (Fsp3) is 0.278. The molecule has 0 bridgehead atoms. The van der Waals surface area contributed by atoms with Crippen molar-refractivity contribution in [3.63, 3.8) is 0 Å². The highest BCUT2D eigenvalue weighted by Crippen LogP contribution is 2.32. The highest BCUT2D eigenvalue weighted by molar-refractivity contribution is 7.99. The van der Waals surface area contributed by atoms with Crippen LogP contribution in [-0.4, -0.2) is 59.1 Å². The van der Waals surface area contributed by atoms with Gasteiger partial charge in [0, 0.05) is 11.4 Å². The third-order valence-corrected chi connectivity index (χ3v) is 5.47. The molecule has 1 aromatic carbocycles. The van der Waals surface area contributed by atoms with Gasteiger partial charge >= 0.3 is 5.97 Å². The van der Waals surface area contributed by atoms with Gasteiger partial charge in [0.25, 0.3) is 0 Å². The number of aromatic amines is 1. The van der Waals surface area contributed by atoms with Crippen LogP contribution >= 0.6 is 23.1 Å². The lowest BCUT2D eigenvalue weighted by atomic mass is 10.2. The Hall–Kier alpha value is -3.12. The monoisotopic (exact) mass is 449 g/mol. The van der Waals surface area contributed by atoms with Gasteiger partial charge in [-0.2, -0.15) is 0 Å². The first-order valence-electron chi connectivity index (χ1n) is 8.61. The Morgan fingerprint density at radius 3 is 2.77 bits per heavy atom. The summed E-state index contributed by atoms with van der Waals surface area (Å²) in [5.41, 5.74) is 1.27. The molecule has 30 heavy (non-hydrogen) atoms. The third kappa shape index (κ3) is 5.48. The van der Waals surface area contributed by atoms with E-state index in [1.807, 2.05) is 6.07 Å². The molecule has 3 aromatic rings. The zero-order valence-corrected chi connectivity index (χ0v) is 18.1. The lowest BCUT2D eigenvalue weighted by Gasteiger charge is -2.07. The molecule has 1 amide bonds. The average molecular weight is 450 g/mol. The van der Waals surface area contributed by atoms with Gasteiger partial charge in [0.15, 0.2) is 11.0 Å². The van der Waals surface area contributed by atoms with Crippen molar-refractivity contribution in [2.75, 3.05) is 32.4 Å². The number of H-pyrrole nitrogens is 1. The van der Waals surface area contributed by atoms with E-state index in [4.69, 9.17) is 9.47 Å². The van der Waals surface area contributed by atoms with E-state index < -0.39 is 0 Å². The molecule has 158 valence electrons. The third-order valence-electron chi connectivity index (χ3n) is 3.81. The van der Waals surface area contributed by atoms with Gasteiger partial charge in [-0.3, -0.25) is 14.7 Å². The van der Waals surface area contributed by atoms with Crippen molar-refractivity contribution in [3.05, 3.63) is 29.3 Å². The van der Waals surface area contributed by atoms with Gasteiger partial charge in [0.05, 0.1) is 44.8 Å². The van der Waals surface area contributed by atoms with E-state index in [1.165, 1.54) is 30.2 Å². The van der Waals surface area contributed by atoms with E-state index in [-0.39, 0.29) is 24.1 Å². The number of methoxy groups -OCH3 is 3. The first-order valence-corrected chi connectivity index (χ1v) is 10.5. The van der Waals surface area contributed by atoms with Gasteiger partial charge in [-0.15, -0.1) is 16.4 Å². The van der Waals surface area contributed by atoms with Gasteiger partial charge in [-0.05, 0) is 12.1 Å². The van der Waals surface area contributed by atoms with Crippen LogP contribution in [0.5, 0.6) is 11.5 Å². The number of carbonyl (C=O) groups is 2. The SMILES string of the molecule is COC(=O)Cc1csc(NC(=O)CSc2n[nH]c(-c3ccc(OC)cc3OC)n2)n1. The number of thioether (sulfide) groups is 1. The molecule has 2 N–H and O–H groups in total. The maximum Gasteiger partial charge on any atom is 0.311 e. The Morgan fingerprint density at radius 2 is 2.03 bits per heavy atom. The number of amides is 1. The summed E-state index contributed by atoms with van der Waals surface area (Å²) in [4.78, 5) is 32.0. The van der Waals surface area contributed by atoms with E-state index in [0.29, 0.717) is 33.3 Å². The molecule has 0 saturated heterocycles. The summed E-state index contributed by atoms with van der Waals surface area (Å²) < 4.78 is 15.2. The number of esters is 1. The lowest BCUT2D eigenvalue weighted by molar-refractivity contribution is -0.139. The van der Waals surface area contributed by atoms with Crippen molar-refractivity contribution in [2.45, 2.75) is 11.6 Å². The molecule has 0 aliphatic rings. The number of ether oxygens (including phenoxy) is 3. The summed E-state index contributed by atoms with van der Waals surface area (Å²) in [5.74, 6) is 1.23. The van der Waals surface area contributed by atoms with Crippen LogP contribution in [0.2, 0.25) is 0 Å². The maximum atomic E-state index is 12.2. The molecule has 0 atom stereocenters. The summed E-state index contributed by atoms with van der Waals surface area (Å²) in [6.07, 6.45) is 0.0619. The second-order valence-electron chi connectivity index (χ2n) is 5.77. The quantitative estimate of drug-likeness (QED) is 0.374. The number of anilines is 1. The summed E-state index contributed by atoms with van der Waals surface area (Å²) in [5, 5.41) is 12.2. The molecule has 0 aliphatic carbocycles. The smallest absolute Gasteiger partial charge is 0.311 e. The van der Waals surface area contributed by atoms with Crippen LogP contribution in [0.3, 0.4) is 0 Å². The number of hydrogen-bond acceptors (Lipinski definition) is 10. The molecule has 10 nitrogen and oxygen atoms in total. The number of nitrogens with one attached hydrogen (secondary N) is 2. The summed E-state index contributed by atoms with van der Waals surface area (Å²) >= 11 is 2.42. The zero-order valence-electron chi connectivity index (χ0n) is 16.4. The molecule has 2 aromatic heterocycles. The minimum Gasteiger partial charge on any atom is -0.497 e. The van der Waals surface area contributed by atoms with Crippen LogP contribution in [0.1, 0.15) is 5.69 Å². The van der Waals surface area contributed by atoms with Crippen molar-refractivity contribution in [1.29, 1.82) is 0 Å². The first-order chi connectivity index (χ1) is 14.5. The average Bonchev–Trinajstić information content (AvgIpc) is 3.41. The number of carbonyl (C=O) groups excluding carboxylic acids is 2. The minimum atomic E-state index is -0.386. The zero-order chi connectivity index (χ0) is 21.5. The predicted octanol–water partition coefficient (Wildman–Crippen LogP) is 2.39. The standard InChI is InChI=1S/C18H19N5O5S2/c1-26-11-4-5-12(13(7-11)27-2)16-21-18(23-22-16)30-9-14(24)20-17-19-10(8-29-17)6-15(25)28-3/h4-5,7-8H,6,9H2,1-3H3,(H,19,20,24)(H,21,22,23). The maximum absolute atomic E-state index is 12.2. The minimum absolute atomic E-state index is 0.0619. The van der Waals surface area contributed by atoms with Crippen molar-refractivity contribution in [2.24, 2.45) is 0 Å². The molecule has 0 unspecified atom stereocenters. The number of benzene rings is 1. The van der Waals surface area contributed by atoms with Crippen molar-refractivity contribution in [3.8, 4) is 22.9 Å². The molecule has 0 radical (unpaired) electrons. The Balaban J connectivity index is 1.57. The van der Waals surface area contributed by atoms with Gasteiger partial charge in [-0.25, -0.2) is 9.97 Å². The molecule has 12 heteroatoms. The van der Waals surface area contributed by atoms with E-state index in [2.05, 4.69) is 30.2 Å². The molecule has 0 fully saturated rings.